The number of rotatable bonds is 2. The maximum absolute atomic E-state index is 12.3. The minimum Gasteiger partial charge on any atom is -0.350 e. The van der Waals surface area contributed by atoms with Crippen LogP contribution in [0.15, 0.2) is 23.0 Å². The molecule has 3 N–H and O–H groups in total. The minimum atomic E-state index is -0.874. The molecule has 4 rings (SSSR count). The summed E-state index contributed by atoms with van der Waals surface area (Å²) in [5.41, 5.74) is 6.78. The number of para-hydroxylation sites is 1. The third-order valence-corrected chi connectivity index (χ3v) is 3.68. The quantitative estimate of drug-likeness (QED) is 0.481. The van der Waals surface area contributed by atoms with E-state index in [0.717, 1.165) is 26.6 Å². The van der Waals surface area contributed by atoms with Crippen LogP contribution in [0.3, 0.4) is 0 Å². The highest BCUT2D eigenvalue weighted by atomic mass is 16.2. The zero-order chi connectivity index (χ0) is 16.8. The van der Waals surface area contributed by atoms with E-state index in [-0.39, 0.29) is 11.6 Å². The van der Waals surface area contributed by atoms with Gasteiger partial charge in [-0.3, -0.25) is 0 Å². The van der Waals surface area contributed by atoms with Gasteiger partial charge in [-0.1, -0.05) is 19.1 Å². The number of nitrogens with zero attached hydrogens (tertiary/aromatic N) is 7. The van der Waals surface area contributed by atoms with Crippen molar-refractivity contribution in [2.24, 2.45) is 5.73 Å². The Labute approximate surface area is 133 Å². The zero-order valence-corrected chi connectivity index (χ0v) is 12.5. The van der Waals surface area contributed by atoms with Crippen LogP contribution in [0.4, 0.5) is 4.79 Å². The molecule has 0 aliphatic rings. The van der Waals surface area contributed by atoms with Crippen LogP contribution >= 0.6 is 0 Å². The molecule has 0 aliphatic carbocycles. The van der Waals surface area contributed by atoms with Crippen molar-refractivity contribution in [1.29, 1.82) is 0 Å². The Hall–Kier alpha value is -3.63. The summed E-state index contributed by atoms with van der Waals surface area (Å²) in [7, 11) is 0. The molecule has 0 saturated carbocycles. The van der Waals surface area contributed by atoms with Gasteiger partial charge < -0.3 is 10.7 Å². The number of benzene rings is 1. The zero-order valence-electron chi connectivity index (χ0n) is 12.5. The summed E-state index contributed by atoms with van der Waals surface area (Å²) in [5, 5.41) is 15.4. The molecule has 1 amide bonds. The van der Waals surface area contributed by atoms with E-state index in [2.05, 4.69) is 30.6 Å². The van der Waals surface area contributed by atoms with Crippen molar-refractivity contribution >= 4 is 22.6 Å². The lowest BCUT2D eigenvalue weighted by Crippen LogP contribution is -2.22. The second kappa shape index (κ2) is 4.94. The van der Waals surface area contributed by atoms with Crippen molar-refractivity contribution < 1.29 is 4.79 Å². The lowest BCUT2D eigenvalue weighted by molar-refractivity contribution is 0.247. The highest BCUT2D eigenvalue weighted by molar-refractivity contribution is 5.93. The molecule has 0 unspecified atom stereocenters. The first kappa shape index (κ1) is 14.0. The van der Waals surface area contributed by atoms with E-state index in [1.165, 1.54) is 0 Å². The van der Waals surface area contributed by atoms with E-state index in [9.17, 15) is 9.59 Å². The first-order chi connectivity index (χ1) is 11.6. The van der Waals surface area contributed by atoms with E-state index in [1.807, 2.05) is 25.1 Å². The van der Waals surface area contributed by atoms with E-state index < -0.39 is 11.7 Å². The van der Waals surface area contributed by atoms with Crippen molar-refractivity contribution in [1.82, 2.24) is 39.8 Å². The average Bonchev–Trinajstić information content (AvgIpc) is 3.21. The number of H-pyrrole nitrogens is 1. The molecule has 0 aliphatic heterocycles. The largest absolute Gasteiger partial charge is 0.350 e. The van der Waals surface area contributed by atoms with Crippen molar-refractivity contribution in [2.45, 2.75) is 13.3 Å². The number of carbonyl (C=O) groups is 1. The maximum Gasteiger partial charge on any atom is 0.348 e. The maximum atomic E-state index is 12.3. The van der Waals surface area contributed by atoms with Crippen LogP contribution in [0, 0.1) is 0 Å². The average molecular weight is 325 g/mol. The minimum absolute atomic E-state index is 0.0266. The number of amides is 1. The molecule has 120 valence electrons. The van der Waals surface area contributed by atoms with Crippen LogP contribution in [0.25, 0.3) is 28.2 Å². The molecule has 3 heterocycles. The molecule has 24 heavy (non-hydrogen) atoms. The van der Waals surface area contributed by atoms with Crippen molar-refractivity contribution in [3.63, 3.8) is 0 Å². The monoisotopic (exact) mass is 325 g/mol. The van der Waals surface area contributed by atoms with Crippen molar-refractivity contribution in [3.05, 3.63) is 34.2 Å². The van der Waals surface area contributed by atoms with Gasteiger partial charge in [-0.25, -0.2) is 14.6 Å². The standard InChI is InChI=1S/C13H11N9O2/c1-2-6-4-3-5-7-8(6)15-13(24)22-10(7)16-9(18-22)11-17-19-20-21(11)12(14)23/h3-5H,2H2,1H3,(H2,14,23)(H,15,24). The fourth-order valence-corrected chi connectivity index (χ4v) is 2.59. The summed E-state index contributed by atoms with van der Waals surface area (Å²) in [6.45, 7) is 1.99. The van der Waals surface area contributed by atoms with Gasteiger partial charge in [0.1, 0.15) is 0 Å². The summed E-state index contributed by atoms with van der Waals surface area (Å²) in [6, 6.07) is 4.76. The fourth-order valence-electron chi connectivity index (χ4n) is 2.59. The summed E-state index contributed by atoms with van der Waals surface area (Å²) in [4.78, 5) is 30.8. The molecular weight excluding hydrogens is 314 g/mol. The second-order valence-corrected chi connectivity index (χ2v) is 5.05. The molecule has 3 aromatic heterocycles. The number of hydrogen-bond donors (Lipinski definition) is 2. The molecule has 1 aromatic carbocycles. The number of primary amides is 1. The van der Waals surface area contributed by atoms with Gasteiger partial charge in [-0.05, 0) is 28.5 Å². The number of nitrogens with two attached hydrogens (primary N) is 1. The summed E-state index contributed by atoms with van der Waals surface area (Å²) < 4.78 is 1.87. The molecular formula is C13H11N9O2. The predicted octanol–water partition coefficient (Wildman–Crippen LogP) is -0.287. The van der Waals surface area contributed by atoms with E-state index >= 15 is 0 Å². The van der Waals surface area contributed by atoms with Gasteiger partial charge in [0.25, 0.3) is 0 Å². The number of carbonyl (C=O) groups excluding carboxylic acids is 1. The lowest BCUT2D eigenvalue weighted by atomic mass is 10.1. The molecule has 0 spiro atoms. The topological polar surface area (TPSA) is 150 Å². The van der Waals surface area contributed by atoms with Crippen LogP contribution < -0.4 is 11.4 Å². The predicted molar refractivity (Wildman–Crippen MR) is 82.3 cm³/mol. The van der Waals surface area contributed by atoms with Crippen LogP contribution in [-0.4, -0.2) is 45.8 Å². The van der Waals surface area contributed by atoms with Crippen molar-refractivity contribution in [3.8, 4) is 11.6 Å². The highest BCUT2D eigenvalue weighted by Crippen LogP contribution is 2.21. The SMILES string of the molecule is CCc1cccc2c1[nH]c(=O)n1nc(-c3nnnn3C(N)=O)nc21. The fraction of sp³-hybridized carbons (Fsp3) is 0.154. The Balaban J connectivity index is 2.07. The van der Waals surface area contributed by atoms with E-state index in [0.29, 0.717) is 11.2 Å². The lowest BCUT2D eigenvalue weighted by Gasteiger charge is -2.03. The van der Waals surface area contributed by atoms with Gasteiger partial charge in [0.05, 0.1) is 5.52 Å². The number of hydrogen-bond acceptors (Lipinski definition) is 7. The number of aromatic nitrogens is 8. The molecule has 0 fully saturated rings. The highest BCUT2D eigenvalue weighted by Gasteiger charge is 2.20. The molecule has 0 radical (unpaired) electrons. The Morgan fingerprint density at radius 1 is 1.38 bits per heavy atom. The van der Waals surface area contributed by atoms with Crippen LogP contribution in [0.2, 0.25) is 0 Å². The number of nitrogens with one attached hydrogen (secondary N) is 1. The van der Waals surface area contributed by atoms with Crippen LogP contribution in [-0.2, 0) is 6.42 Å². The van der Waals surface area contributed by atoms with Gasteiger partial charge in [-0.2, -0.15) is 4.52 Å². The number of fused-ring (bicyclic) bond motifs is 3. The van der Waals surface area contributed by atoms with E-state index in [4.69, 9.17) is 5.73 Å². The van der Waals surface area contributed by atoms with Crippen LogP contribution in [0.1, 0.15) is 12.5 Å². The second-order valence-electron chi connectivity index (χ2n) is 5.05. The summed E-state index contributed by atoms with van der Waals surface area (Å²) >= 11 is 0. The number of tetrazole rings is 1. The van der Waals surface area contributed by atoms with Gasteiger partial charge in [-0.15, -0.1) is 14.9 Å². The Morgan fingerprint density at radius 3 is 2.96 bits per heavy atom. The normalized spacial score (nSPS) is 11.4. The smallest absolute Gasteiger partial charge is 0.348 e. The molecule has 11 nitrogen and oxygen atoms in total. The molecule has 4 aromatic rings. The summed E-state index contributed by atoms with van der Waals surface area (Å²) in [5.74, 6) is -0.0101. The molecule has 0 atom stereocenters. The van der Waals surface area contributed by atoms with Gasteiger partial charge in [0.2, 0.25) is 11.6 Å². The first-order valence-corrected chi connectivity index (χ1v) is 7.09. The van der Waals surface area contributed by atoms with Gasteiger partial charge in [0, 0.05) is 5.39 Å². The number of aromatic amines is 1. The van der Waals surface area contributed by atoms with Crippen molar-refractivity contribution in [2.75, 3.05) is 0 Å². The molecule has 0 bridgehead atoms. The third kappa shape index (κ3) is 1.87. The van der Waals surface area contributed by atoms with Gasteiger partial charge in [0.15, 0.2) is 5.65 Å². The Morgan fingerprint density at radius 2 is 2.21 bits per heavy atom. The van der Waals surface area contributed by atoms with Crippen LogP contribution in [0.5, 0.6) is 0 Å². The van der Waals surface area contributed by atoms with E-state index in [1.54, 1.807) is 0 Å². The summed E-state index contributed by atoms with van der Waals surface area (Å²) in [6.07, 6.45) is 0.754. The first-order valence-electron chi connectivity index (χ1n) is 7.09. The molecule has 0 saturated heterocycles. The van der Waals surface area contributed by atoms with Gasteiger partial charge >= 0.3 is 11.7 Å². The number of aryl methyl sites for hydroxylation is 1. The Bertz CT molecular complexity index is 1150. The Kier molecular flexibility index (Phi) is 2.88. The molecule has 11 heteroatoms. The third-order valence-electron chi connectivity index (χ3n) is 3.68.